The summed E-state index contributed by atoms with van der Waals surface area (Å²) in [5.41, 5.74) is 30.0. The van der Waals surface area contributed by atoms with Gasteiger partial charge in [0.1, 0.15) is 0 Å². The molecule has 8 heterocycles. The van der Waals surface area contributed by atoms with Gasteiger partial charge in [-0.1, -0.05) is 206 Å². The Morgan fingerprint density at radius 1 is 0.172 bits per heavy atom. The van der Waals surface area contributed by atoms with Gasteiger partial charge < -0.3 is 39.9 Å². The molecule has 12 heteroatoms. The summed E-state index contributed by atoms with van der Waals surface area (Å²) < 4.78 is 0. The maximum absolute atomic E-state index is 4.55. The van der Waals surface area contributed by atoms with Crippen LogP contribution in [0.25, 0.3) is 135 Å². The number of nitrogens with zero attached hydrogens (tertiary/aromatic N) is 8. The Morgan fingerprint density at radius 3 is 0.734 bits per heavy atom. The molecule has 0 fully saturated rings. The zero-order chi connectivity index (χ0) is 85.2. The van der Waals surface area contributed by atoms with Crippen molar-refractivity contribution in [2.75, 3.05) is 0 Å². The molecule has 8 aromatic heterocycles. The molecule has 20 rings (SSSR count). The third-order valence-electron chi connectivity index (χ3n) is 19.1. The van der Waals surface area contributed by atoms with E-state index >= 15 is 0 Å². The van der Waals surface area contributed by atoms with Gasteiger partial charge in [0.15, 0.2) is 0 Å². The first kappa shape index (κ1) is 98.2. The Balaban J connectivity index is 0.000000165. The van der Waals surface area contributed by atoms with Gasteiger partial charge in [-0.15, -0.1) is 287 Å². The van der Waals surface area contributed by atoms with Crippen LogP contribution in [0, 0.1) is 76.2 Å². The Bertz CT molecular complexity index is 5960. The van der Waals surface area contributed by atoms with Crippen molar-refractivity contribution in [1.82, 2.24) is 39.9 Å². The van der Waals surface area contributed by atoms with E-state index in [0.717, 1.165) is 118 Å². The fourth-order valence-corrected chi connectivity index (χ4v) is 12.8. The van der Waals surface area contributed by atoms with Crippen LogP contribution < -0.4 is 0 Å². The van der Waals surface area contributed by atoms with Crippen molar-refractivity contribution in [1.29, 1.82) is 0 Å². The zero-order valence-corrected chi connectivity index (χ0v) is 80.4. The smallest absolute Gasteiger partial charge is 0.0266 e. The van der Waals surface area contributed by atoms with E-state index in [4.69, 9.17) is 0 Å². The number of hydrogen-bond donors (Lipinski definition) is 0. The maximum atomic E-state index is 4.55. The summed E-state index contributed by atoms with van der Waals surface area (Å²) in [5, 5.41) is 0. The molecule has 0 aliphatic rings. The topological polar surface area (TPSA) is 103 Å². The van der Waals surface area contributed by atoms with Gasteiger partial charge in [-0.3, -0.25) is 0 Å². The molecule has 4 radical (unpaired) electrons. The van der Waals surface area contributed by atoms with E-state index in [0.29, 0.717) is 0 Å². The number of aromatic nitrogens is 8. The van der Waals surface area contributed by atoms with Crippen LogP contribution in [0.15, 0.2) is 462 Å². The molecule has 0 spiro atoms. The van der Waals surface area contributed by atoms with Crippen LogP contribution in [0.1, 0.15) is 22.5 Å². The minimum absolute atomic E-state index is 0. The van der Waals surface area contributed by atoms with Gasteiger partial charge >= 0.3 is 0 Å². The number of pyridine rings is 8. The second kappa shape index (κ2) is 54.4. The van der Waals surface area contributed by atoms with Crippen molar-refractivity contribution in [3.05, 3.63) is 533 Å². The predicted octanol–water partition coefficient (Wildman–Crippen LogP) is 28.3. The van der Waals surface area contributed by atoms with Crippen LogP contribution in [0.5, 0.6) is 0 Å². The molecule has 0 saturated heterocycles. The van der Waals surface area contributed by atoms with E-state index in [9.17, 15) is 0 Å². The average molecular weight is 2360 g/mol. The summed E-state index contributed by atoms with van der Waals surface area (Å²) in [6, 6.07) is 166. The molecular formula is C116H88Ir4N8-8. The summed E-state index contributed by atoms with van der Waals surface area (Å²) in [6.07, 6.45) is 11.3. The summed E-state index contributed by atoms with van der Waals surface area (Å²) >= 11 is 0. The molecule has 0 N–H and O–H groups in total. The van der Waals surface area contributed by atoms with Crippen LogP contribution in [0.4, 0.5) is 0 Å². The van der Waals surface area contributed by atoms with Crippen molar-refractivity contribution in [2.24, 2.45) is 0 Å². The fraction of sp³-hybridized carbons (Fsp3) is 0.0345. The molecule has 12 aromatic carbocycles. The second-order valence-electron chi connectivity index (χ2n) is 28.1. The Morgan fingerprint density at radius 2 is 0.445 bits per heavy atom. The van der Waals surface area contributed by atoms with Gasteiger partial charge in [0.2, 0.25) is 0 Å². The molecule has 128 heavy (non-hydrogen) atoms. The molecule has 0 bridgehead atoms. The SMILES string of the molecule is Cc1cc(-c2[c-]cccc2)ncc1-c1ccccc1.Cc1cccc(-c2[c-]cccc2)n1.Cc1cccc(-c2[c-]cccc2)n1.Cc1ccccc1-c1ccc(-c2[c-]cccc2)nc1.[Ir].[Ir].[Ir].[Ir].[c-]1ccccc1-c1ccc(-c2ccccc2)cn1.[c-]1ccccc1-c1ccc(-c2ccccc2)cn1.[c-]1ccccc1-c1ccccn1.[c-]1ccccc1-c1ccccn1. The first-order chi connectivity index (χ1) is 61.2. The normalized spacial score (nSPS) is 9.78. The minimum atomic E-state index is 0. The Hall–Kier alpha value is -13.6. The molecule has 8 nitrogen and oxygen atoms in total. The van der Waals surface area contributed by atoms with Gasteiger partial charge in [0, 0.05) is 135 Å². The van der Waals surface area contributed by atoms with Crippen LogP contribution in [0.2, 0.25) is 0 Å². The van der Waals surface area contributed by atoms with Gasteiger partial charge in [0.25, 0.3) is 0 Å². The number of hydrogen-bond acceptors (Lipinski definition) is 8. The molecule has 0 aliphatic carbocycles. The van der Waals surface area contributed by atoms with Gasteiger partial charge in [-0.05, 0) is 148 Å². The van der Waals surface area contributed by atoms with E-state index in [-0.39, 0.29) is 80.4 Å². The number of aryl methyl sites for hydroxylation is 4. The summed E-state index contributed by atoms with van der Waals surface area (Å²) in [6.45, 7) is 8.23. The number of benzene rings is 12. The molecule has 20 aromatic rings. The summed E-state index contributed by atoms with van der Waals surface area (Å²) in [5.74, 6) is 0. The van der Waals surface area contributed by atoms with Crippen molar-refractivity contribution in [3.8, 4) is 135 Å². The van der Waals surface area contributed by atoms with Crippen molar-refractivity contribution in [2.45, 2.75) is 27.7 Å². The molecule has 0 saturated carbocycles. The van der Waals surface area contributed by atoms with Crippen LogP contribution in [0.3, 0.4) is 0 Å². The zero-order valence-electron chi connectivity index (χ0n) is 70.8. The molecule has 0 aliphatic heterocycles. The third kappa shape index (κ3) is 30.9. The fourth-order valence-electron chi connectivity index (χ4n) is 12.8. The Labute approximate surface area is 808 Å². The maximum Gasteiger partial charge on any atom is 0.0266 e. The van der Waals surface area contributed by atoms with E-state index in [1.807, 2.05) is 378 Å². The third-order valence-corrected chi connectivity index (χ3v) is 19.1. The van der Waals surface area contributed by atoms with Crippen molar-refractivity contribution in [3.63, 3.8) is 0 Å². The second-order valence-corrected chi connectivity index (χ2v) is 28.1. The molecule has 0 amide bonds. The predicted molar refractivity (Wildman–Crippen MR) is 509 cm³/mol. The monoisotopic (exact) mass is 2360 g/mol. The molecular weight excluding hydrogens is 2270 g/mol. The summed E-state index contributed by atoms with van der Waals surface area (Å²) in [4.78, 5) is 35.3. The van der Waals surface area contributed by atoms with Crippen molar-refractivity contribution >= 4 is 0 Å². The van der Waals surface area contributed by atoms with E-state index in [1.54, 1.807) is 12.4 Å². The summed E-state index contributed by atoms with van der Waals surface area (Å²) in [7, 11) is 0. The Kier molecular flexibility index (Phi) is 41.7. The van der Waals surface area contributed by atoms with Crippen molar-refractivity contribution < 1.29 is 80.4 Å². The van der Waals surface area contributed by atoms with Gasteiger partial charge in [0.05, 0.1) is 0 Å². The van der Waals surface area contributed by atoms with E-state index in [2.05, 4.69) is 187 Å². The standard InChI is InChI=1S/2C18H14N.2C17H12N.2C12H10N.2C11H8N.4Ir/c1-14-12-18(16-10-6-3-7-11-16)19-13-17(14)15-8-4-2-5-9-15;1-14-7-5-6-10-17(14)16-11-12-18(19-13-16)15-8-3-2-4-9-15;2*1-3-7-14(8-4-1)16-11-12-17(18-13-16)15-9-5-2-6-10-15;2*1-10-6-5-9-12(13-10)11-7-3-2-4-8-11;2*1-2-6-10(7-3-1)11-8-4-5-9-12-11;;;;/h2-10,12-13H,1H3;2-8,10-13H,1H3;2*1-9,11-13H;2*2-7,9H,1H3;2*1-6,8-9H;;;;/q8*-1;;;;. The number of rotatable bonds is 12. The molecule has 636 valence electrons. The van der Waals surface area contributed by atoms with Crippen LogP contribution in [-0.4, -0.2) is 39.9 Å². The largest absolute Gasteiger partial charge is 0.305 e. The first-order valence-corrected chi connectivity index (χ1v) is 40.7. The quantitative estimate of drug-likeness (QED) is 0.111. The minimum Gasteiger partial charge on any atom is -0.305 e. The van der Waals surface area contributed by atoms with Gasteiger partial charge in [-0.2, -0.15) is 0 Å². The van der Waals surface area contributed by atoms with Crippen LogP contribution >= 0.6 is 0 Å². The van der Waals surface area contributed by atoms with E-state index in [1.165, 1.54) is 38.9 Å². The molecule has 0 atom stereocenters. The van der Waals surface area contributed by atoms with Crippen LogP contribution in [-0.2, 0) is 80.4 Å². The first-order valence-electron chi connectivity index (χ1n) is 40.7. The average Bonchev–Trinajstić information content (AvgIpc) is 0.817. The molecule has 0 unspecified atom stereocenters. The van der Waals surface area contributed by atoms with Gasteiger partial charge in [-0.25, -0.2) is 0 Å². The van der Waals surface area contributed by atoms with E-state index < -0.39 is 0 Å².